The molecule has 2 rings (SSSR count). The molecule has 0 fully saturated rings. The van der Waals surface area contributed by atoms with E-state index in [4.69, 9.17) is 10.5 Å². The molecule has 0 radical (unpaired) electrons. The van der Waals surface area contributed by atoms with Crippen molar-refractivity contribution in [3.05, 3.63) is 27.7 Å². The number of rotatable bonds is 1. The summed E-state index contributed by atoms with van der Waals surface area (Å²) in [7, 11) is 0. The van der Waals surface area contributed by atoms with E-state index in [9.17, 15) is 9.90 Å². The van der Waals surface area contributed by atoms with Crippen molar-refractivity contribution in [2.24, 2.45) is 5.73 Å². The molecular formula is C15H21BrN2O3. The molecule has 1 aromatic rings. The van der Waals surface area contributed by atoms with Gasteiger partial charge in [-0.1, -0.05) is 15.9 Å². The molecule has 0 bridgehead atoms. The van der Waals surface area contributed by atoms with Crippen LogP contribution in [0, 0.1) is 0 Å². The number of carbonyl (C=O) groups excluding carboxylic acids is 1. The van der Waals surface area contributed by atoms with Crippen LogP contribution in [-0.2, 0) is 11.2 Å². The highest BCUT2D eigenvalue weighted by Crippen LogP contribution is 2.39. The molecule has 1 aliphatic heterocycles. The fourth-order valence-electron chi connectivity index (χ4n) is 2.58. The van der Waals surface area contributed by atoms with E-state index in [1.54, 1.807) is 11.0 Å². The van der Waals surface area contributed by atoms with E-state index in [1.165, 1.54) is 0 Å². The third-order valence-electron chi connectivity index (χ3n) is 3.44. The summed E-state index contributed by atoms with van der Waals surface area (Å²) in [4.78, 5) is 13.9. The molecule has 0 spiro atoms. The first kappa shape index (κ1) is 16.1. The molecule has 116 valence electrons. The van der Waals surface area contributed by atoms with Crippen LogP contribution in [0.1, 0.15) is 37.9 Å². The molecule has 1 amide bonds. The Labute approximate surface area is 133 Å². The molecule has 3 N–H and O–H groups in total. The Bertz CT molecular complexity index is 555. The molecule has 0 unspecified atom stereocenters. The first-order valence-corrected chi connectivity index (χ1v) is 7.74. The monoisotopic (exact) mass is 356 g/mol. The highest BCUT2D eigenvalue weighted by Gasteiger charge is 2.35. The lowest BCUT2D eigenvalue weighted by Crippen LogP contribution is -2.45. The predicted molar refractivity (Wildman–Crippen MR) is 84.2 cm³/mol. The minimum atomic E-state index is -0.560. The van der Waals surface area contributed by atoms with Gasteiger partial charge in [0.25, 0.3) is 0 Å². The van der Waals surface area contributed by atoms with Gasteiger partial charge in [0.05, 0.1) is 6.04 Å². The number of halogens is 1. The Morgan fingerprint density at radius 2 is 2.19 bits per heavy atom. The zero-order valence-electron chi connectivity index (χ0n) is 12.5. The van der Waals surface area contributed by atoms with Gasteiger partial charge in [-0.05, 0) is 44.9 Å². The maximum absolute atomic E-state index is 12.3. The van der Waals surface area contributed by atoms with Crippen molar-refractivity contribution >= 4 is 22.0 Å². The van der Waals surface area contributed by atoms with Gasteiger partial charge in [-0.3, -0.25) is 4.90 Å². The maximum atomic E-state index is 12.3. The first-order chi connectivity index (χ1) is 9.74. The van der Waals surface area contributed by atoms with Crippen LogP contribution in [0.3, 0.4) is 0 Å². The second-order valence-electron chi connectivity index (χ2n) is 6.13. The van der Waals surface area contributed by atoms with Crippen molar-refractivity contribution < 1.29 is 14.6 Å². The van der Waals surface area contributed by atoms with Crippen molar-refractivity contribution in [1.29, 1.82) is 0 Å². The fraction of sp³-hybridized carbons (Fsp3) is 0.533. The van der Waals surface area contributed by atoms with Gasteiger partial charge >= 0.3 is 6.09 Å². The smallest absolute Gasteiger partial charge is 0.410 e. The molecule has 0 aromatic heterocycles. The van der Waals surface area contributed by atoms with Gasteiger partial charge in [-0.15, -0.1) is 0 Å². The summed E-state index contributed by atoms with van der Waals surface area (Å²) in [5.41, 5.74) is 7.01. The molecule has 1 atom stereocenters. The first-order valence-electron chi connectivity index (χ1n) is 6.94. The van der Waals surface area contributed by atoms with Crippen LogP contribution in [0.25, 0.3) is 0 Å². The lowest BCUT2D eigenvalue weighted by Gasteiger charge is -2.38. The highest BCUT2D eigenvalue weighted by molar-refractivity contribution is 9.10. The third kappa shape index (κ3) is 3.32. The number of phenolic OH excluding ortho intramolecular Hbond substituents is 1. The number of hydrogen-bond acceptors (Lipinski definition) is 4. The topological polar surface area (TPSA) is 75.8 Å². The molecule has 1 aliphatic rings. The second kappa shape index (κ2) is 5.85. The summed E-state index contributed by atoms with van der Waals surface area (Å²) < 4.78 is 6.36. The standard InChI is InChI=1S/C15H21BrN2O3/c1-15(2,3)21-14(20)18-7-6-9-10(16)4-5-12(19)13(9)11(18)8-17/h4-5,11,19H,6-8,17H2,1-3H3/t11-/m1/s1. The van der Waals surface area contributed by atoms with E-state index in [2.05, 4.69) is 15.9 Å². The Hall–Kier alpha value is -1.27. The van der Waals surface area contributed by atoms with Crippen molar-refractivity contribution in [2.75, 3.05) is 13.1 Å². The Morgan fingerprint density at radius 1 is 1.52 bits per heavy atom. The van der Waals surface area contributed by atoms with Gasteiger partial charge < -0.3 is 15.6 Å². The number of phenols is 1. The molecule has 6 heteroatoms. The number of nitrogens with two attached hydrogens (primary N) is 1. The van der Waals surface area contributed by atoms with Gasteiger partial charge in [0, 0.05) is 23.1 Å². The largest absolute Gasteiger partial charge is 0.508 e. The second-order valence-corrected chi connectivity index (χ2v) is 6.99. The summed E-state index contributed by atoms with van der Waals surface area (Å²) in [5, 5.41) is 10.2. The average molecular weight is 357 g/mol. The highest BCUT2D eigenvalue weighted by atomic mass is 79.9. The van der Waals surface area contributed by atoms with E-state index in [0.29, 0.717) is 18.5 Å². The predicted octanol–water partition coefficient (Wildman–Crippen LogP) is 2.95. The summed E-state index contributed by atoms with van der Waals surface area (Å²) in [6, 6.07) is 3.05. The third-order valence-corrected chi connectivity index (χ3v) is 4.18. The van der Waals surface area contributed by atoms with Gasteiger partial charge in [0.2, 0.25) is 0 Å². The van der Waals surface area contributed by atoms with E-state index in [0.717, 1.165) is 10.0 Å². The number of ether oxygens (including phenoxy) is 1. The van der Waals surface area contributed by atoms with Crippen LogP contribution >= 0.6 is 15.9 Å². The maximum Gasteiger partial charge on any atom is 0.410 e. The number of benzene rings is 1. The minimum Gasteiger partial charge on any atom is -0.508 e. The molecule has 1 heterocycles. The van der Waals surface area contributed by atoms with E-state index >= 15 is 0 Å². The van der Waals surface area contributed by atoms with Crippen molar-refractivity contribution in [3.8, 4) is 5.75 Å². The van der Waals surface area contributed by atoms with Crippen LogP contribution in [0.15, 0.2) is 16.6 Å². The molecule has 5 nitrogen and oxygen atoms in total. The zero-order chi connectivity index (χ0) is 15.8. The van der Waals surface area contributed by atoms with Gasteiger partial charge in [0.1, 0.15) is 11.4 Å². The van der Waals surface area contributed by atoms with Crippen molar-refractivity contribution in [3.63, 3.8) is 0 Å². The number of hydrogen-bond donors (Lipinski definition) is 2. The average Bonchev–Trinajstić information content (AvgIpc) is 2.39. The van der Waals surface area contributed by atoms with E-state index in [-0.39, 0.29) is 18.3 Å². The normalized spacial score (nSPS) is 18.3. The summed E-state index contributed by atoms with van der Waals surface area (Å²) in [6.45, 7) is 6.24. The van der Waals surface area contributed by atoms with Crippen molar-refractivity contribution in [2.45, 2.75) is 38.8 Å². The Kier molecular flexibility index (Phi) is 4.49. The Balaban J connectivity index is 2.36. The van der Waals surface area contributed by atoms with Crippen LogP contribution in [0.2, 0.25) is 0 Å². The van der Waals surface area contributed by atoms with Crippen LogP contribution in [-0.4, -0.2) is 34.8 Å². The molecule has 0 saturated carbocycles. The molecule has 0 saturated heterocycles. The van der Waals surface area contributed by atoms with E-state index < -0.39 is 11.7 Å². The van der Waals surface area contributed by atoms with Gasteiger partial charge in [-0.2, -0.15) is 0 Å². The fourth-order valence-corrected chi connectivity index (χ4v) is 3.12. The molecule has 1 aromatic carbocycles. The number of carbonyl (C=O) groups is 1. The van der Waals surface area contributed by atoms with Crippen LogP contribution in [0.5, 0.6) is 5.75 Å². The molecule has 0 aliphatic carbocycles. The quantitative estimate of drug-likeness (QED) is 0.810. The summed E-state index contributed by atoms with van der Waals surface area (Å²) >= 11 is 3.49. The molecule has 21 heavy (non-hydrogen) atoms. The number of fused-ring (bicyclic) bond motifs is 1. The Morgan fingerprint density at radius 3 is 2.76 bits per heavy atom. The summed E-state index contributed by atoms with van der Waals surface area (Å²) in [5.74, 6) is 0.164. The molecular weight excluding hydrogens is 336 g/mol. The number of aromatic hydroxyl groups is 1. The number of amides is 1. The lowest BCUT2D eigenvalue weighted by molar-refractivity contribution is 0.0147. The minimum absolute atomic E-state index is 0.164. The van der Waals surface area contributed by atoms with Crippen LogP contribution < -0.4 is 5.73 Å². The van der Waals surface area contributed by atoms with Gasteiger partial charge in [0.15, 0.2) is 0 Å². The van der Waals surface area contributed by atoms with E-state index in [1.807, 2.05) is 26.8 Å². The number of nitrogens with zero attached hydrogens (tertiary/aromatic N) is 1. The summed E-state index contributed by atoms with van der Waals surface area (Å²) in [6.07, 6.45) is 0.253. The SMILES string of the molecule is CC(C)(C)OC(=O)N1CCc2c(Br)ccc(O)c2[C@H]1CN. The van der Waals surface area contributed by atoms with Crippen LogP contribution in [0.4, 0.5) is 4.79 Å². The lowest BCUT2D eigenvalue weighted by atomic mass is 9.92. The van der Waals surface area contributed by atoms with Gasteiger partial charge in [-0.25, -0.2) is 4.79 Å². The zero-order valence-corrected chi connectivity index (χ0v) is 14.1. The van der Waals surface area contributed by atoms with Crippen molar-refractivity contribution in [1.82, 2.24) is 4.90 Å².